The molecule has 7 rings (SSSR count). The van der Waals surface area contributed by atoms with Gasteiger partial charge in [-0.3, -0.25) is 0 Å². The molecular weight excluding hydrogens is 644 g/mol. The van der Waals surface area contributed by atoms with Gasteiger partial charge in [-0.2, -0.15) is 0 Å². The molecule has 0 saturated carbocycles. The Morgan fingerprint density at radius 1 is 0.490 bits per heavy atom. The van der Waals surface area contributed by atoms with Crippen LogP contribution >= 0.6 is 15.2 Å². The van der Waals surface area contributed by atoms with E-state index in [0.29, 0.717) is 0 Å². The minimum absolute atomic E-state index is 0.239. The molecule has 0 atom stereocenters. The van der Waals surface area contributed by atoms with E-state index in [0.717, 1.165) is 66.2 Å². The number of hydrogen-bond donors (Lipinski definition) is 0. The minimum Gasteiger partial charge on any atom is -0.341 e. The first kappa shape index (κ1) is 33.2. The molecule has 2 nitrogen and oxygen atoms in total. The van der Waals surface area contributed by atoms with Crippen LogP contribution in [0.4, 0.5) is 31.5 Å². The normalized spacial score (nSPS) is 17.3. The summed E-state index contributed by atoms with van der Waals surface area (Å²) in [5.74, 6) is -0.481. The molecule has 0 unspecified atom stereocenters. The van der Waals surface area contributed by atoms with Gasteiger partial charge in [-0.25, -0.2) is 8.78 Å². The van der Waals surface area contributed by atoms with Crippen LogP contribution in [0.3, 0.4) is 0 Å². The Hall–Kier alpha value is -4.36. The summed E-state index contributed by atoms with van der Waals surface area (Å²) in [5, 5.41) is 6.63. The van der Waals surface area contributed by atoms with Gasteiger partial charge in [0.2, 0.25) is 0 Å². The van der Waals surface area contributed by atoms with E-state index in [-0.39, 0.29) is 11.6 Å². The minimum atomic E-state index is -2.49. The Morgan fingerprint density at radius 2 is 0.918 bits per heavy atom. The SMILES string of the molecule is Cc1ccc2c(c1)P(c1cccc(F)c1)c1cc(C)ccc1N(C)c1ccc(C)cc1[P+](C)(c1cccc(F)c1)c1cc(C)ccc1N2C. The number of anilines is 4. The summed E-state index contributed by atoms with van der Waals surface area (Å²) in [5.41, 5.74) is 8.87. The molecule has 6 heteroatoms. The number of halogens is 2. The van der Waals surface area contributed by atoms with E-state index in [4.69, 9.17) is 0 Å². The maximum Gasteiger partial charge on any atom is 0.128 e. The number of fused-ring (bicyclic) bond motifs is 4. The third kappa shape index (κ3) is 5.86. The predicted molar refractivity (Wildman–Crippen MR) is 211 cm³/mol. The lowest BCUT2D eigenvalue weighted by Gasteiger charge is -2.36. The van der Waals surface area contributed by atoms with Crippen molar-refractivity contribution in [2.45, 2.75) is 27.7 Å². The molecule has 1 heterocycles. The fourth-order valence-electron chi connectivity index (χ4n) is 7.19. The van der Waals surface area contributed by atoms with Crippen molar-refractivity contribution in [3.63, 3.8) is 0 Å². The van der Waals surface area contributed by atoms with E-state index >= 15 is 8.78 Å². The zero-order chi connectivity index (χ0) is 34.6. The quantitative estimate of drug-likeness (QED) is 0.168. The standard InChI is InChI=1S/C43H41F2N2P2/c1-28-14-18-36-40(22-28)48(34-12-8-10-32(44)26-34)41-23-29(2)15-19-37(41)47(6)39-21-17-31(4)25-43(39)49(7,35-13-9-11-33(45)27-35)42-24-30(3)16-20-38(42)46(36)5/h8-27H,1-7H3/q+1. The summed E-state index contributed by atoms with van der Waals surface area (Å²) in [6, 6.07) is 41.0. The molecule has 0 amide bonds. The van der Waals surface area contributed by atoms with E-state index < -0.39 is 15.2 Å². The molecule has 1 aliphatic heterocycles. The van der Waals surface area contributed by atoms with Gasteiger partial charge in [0.25, 0.3) is 0 Å². The highest BCUT2D eigenvalue weighted by molar-refractivity contribution is 7.95. The fraction of sp³-hybridized carbons (Fsp3) is 0.163. The fourth-order valence-corrected chi connectivity index (χ4v) is 13.9. The molecule has 246 valence electrons. The lowest BCUT2D eigenvalue weighted by atomic mass is 10.1. The first-order valence-electron chi connectivity index (χ1n) is 16.6. The third-order valence-electron chi connectivity index (χ3n) is 9.81. The van der Waals surface area contributed by atoms with Crippen molar-refractivity contribution in [2.24, 2.45) is 0 Å². The van der Waals surface area contributed by atoms with Crippen LogP contribution in [-0.2, 0) is 0 Å². The first-order valence-corrected chi connectivity index (χ1v) is 20.1. The maximum absolute atomic E-state index is 15.3. The van der Waals surface area contributed by atoms with Gasteiger partial charge >= 0.3 is 0 Å². The molecule has 0 aromatic heterocycles. The van der Waals surface area contributed by atoms with Gasteiger partial charge in [0, 0.05) is 42.1 Å². The van der Waals surface area contributed by atoms with Crippen LogP contribution in [0.25, 0.3) is 0 Å². The summed E-state index contributed by atoms with van der Waals surface area (Å²) < 4.78 is 30.4. The van der Waals surface area contributed by atoms with Crippen LogP contribution < -0.4 is 41.6 Å². The molecule has 0 bridgehead atoms. The van der Waals surface area contributed by atoms with E-state index in [1.54, 1.807) is 12.1 Å². The molecule has 49 heavy (non-hydrogen) atoms. The van der Waals surface area contributed by atoms with Crippen molar-refractivity contribution < 1.29 is 8.78 Å². The predicted octanol–water partition coefficient (Wildman–Crippen LogP) is 8.73. The Bertz CT molecular complexity index is 2120. The topological polar surface area (TPSA) is 6.48 Å². The number of nitrogens with zero attached hydrogens (tertiary/aromatic N) is 2. The van der Waals surface area contributed by atoms with Crippen molar-refractivity contribution in [2.75, 3.05) is 30.6 Å². The number of aryl methyl sites for hydroxylation is 4. The van der Waals surface area contributed by atoms with Gasteiger partial charge in [-0.1, -0.05) is 53.6 Å². The second-order valence-electron chi connectivity index (χ2n) is 13.4. The number of rotatable bonds is 2. The van der Waals surface area contributed by atoms with Crippen LogP contribution in [0.5, 0.6) is 0 Å². The van der Waals surface area contributed by atoms with E-state index in [1.807, 2.05) is 12.1 Å². The molecule has 6 aromatic rings. The van der Waals surface area contributed by atoms with Gasteiger partial charge in [0.1, 0.15) is 34.8 Å². The molecule has 0 radical (unpaired) electrons. The summed E-state index contributed by atoms with van der Waals surface area (Å²) in [6.45, 7) is 10.9. The lowest BCUT2D eigenvalue weighted by molar-refractivity contribution is 0.628. The van der Waals surface area contributed by atoms with Crippen molar-refractivity contribution in [1.82, 2.24) is 0 Å². The summed E-state index contributed by atoms with van der Waals surface area (Å²) in [6.07, 6.45) is 0. The average molecular weight is 686 g/mol. The van der Waals surface area contributed by atoms with Gasteiger partial charge in [0.15, 0.2) is 0 Å². The molecule has 0 saturated heterocycles. The van der Waals surface area contributed by atoms with E-state index in [9.17, 15) is 0 Å². The Labute approximate surface area is 291 Å². The largest absolute Gasteiger partial charge is 0.341 e. The Balaban J connectivity index is 1.68. The van der Waals surface area contributed by atoms with Crippen LogP contribution in [-0.4, -0.2) is 20.8 Å². The second kappa shape index (κ2) is 12.8. The molecule has 1 aliphatic rings. The van der Waals surface area contributed by atoms with Crippen molar-refractivity contribution >= 4 is 69.8 Å². The van der Waals surface area contributed by atoms with Crippen LogP contribution in [0.1, 0.15) is 22.3 Å². The van der Waals surface area contributed by atoms with Gasteiger partial charge in [0.05, 0.1) is 18.0 Å². The van der Waals surface area contributed by atoms with Crippen LogP contribution in [0.2, 0.25) is 0 Å². The lowest BCUT2D eigenvalue weighted by Crippen LogP contribution is -2.38. The second-order valence-corrected chi connectivity index (χ2v) is 19.0. The summed E-state index contributed by atoms with van der Waals surface area (Å²) >= 11 is 0. The Kier molecular flexibility index (Phi) is 8.68. The number of benzene rings is 6. The molecule has 0 fully saturated rings. The van der Waals surface area contributed by atoms with Crippen molar-refractivity contribution in [3.05, 3.63) is 155 Å². The number of hydrogen-bond acceptors (Lipinski definition) is 2. The van der Waals surface area contributed by atoms with Gasteiger partial charge in [-0.15, -0.1) is 0 Å². The maximum atomic E-state index is 15.3. The van der Waals surface area contributed by atoms with Crippen molar-refractivity contribution in [1.29, 1.82) is 0 Å². The van der Waals surface area contributed by atoms with E-state index in [2.05, 4.69) is 143 Å². The Morgan fingerprint density at radius 3 is 1.39 bits per heavy atom. The first-order chi connectivity index (χ1) is 23.4. The highest BCUT2D eigenvalue weighted by atomic mass is 31.2. The molecule has 0 aliphatic carbocycles. The van der Waals surface area contributed by atoms with Crippen LogP contribution in [0.15, 0.2) is 121 Å². The highest BCUT2D eigenvalue weighted by Crippen LogP contribution is 2.57. The molecular formula is C43H41F2N2P2+. The summed E-state index contributed by atoms with van der Waals surface area (Å²) in [7, 11) is 0.571. The molecule has 0 spiro atoms. The average Bonchev–Trinajstić information content (AvgIpc) is 3.07. The smallest absolute Gasteiger partial charge is 0.128 e. The zero-order valence-corrected chi connectivity index (χ0v) is 30.9. The molecule has 0 N–H and O–H groups in total. The van der Waals surface area contributed by atoms with E-state index in [1.165, 1.54) is 22.7 Å². The van der Waals surface area contributed by atoms with Crippen LogP contribution in [0, 0.1) is 39.3 Å². The van der Waals surface area contributed by atoms with Crippen molar-refractivity contribution in [3.8, 4) is 0 Å². The zero-order valence-electron chi connectivity index (χ0n) is 29.1. The van der Waals surface area contributed by atoms with Gasteiger partial charge < -0.3 is 9.80 Å². The third-order valence-corrected chi connectivity index (χ3v) is 16.2. The summed E-state index contributed by atoms with van der Waals surface area (Å²) in [4.78, 5) is 4.62. The molecule has 6 aromatic carbocycles. The van der Waals surface area contributed by atoms with Gasteiger partial charge in [-0.05, 0) is 125 Å². The monoisotopic (exact) mass is 685 g/mol. The highest BCUT2D eigenvalue weighted by Gasteiger charge is 2.46.